The van der Waals surface area contributed by atoms with Crippen molar-refractivity contribution in [1.29, 1.82) is 0 Å². The van der Waals surface area contributed by atoms with Crippen molar-refractivity contribution < 1.29 is 36.4 Å². The van der Waals surface area contributed by atoms with Gasteiger partial charge in [-0.2, -0.15) is 0 Å². The molecule has 0 N–H and O–H groups in total. The number of hydrogen-bond donors (Lipinski definition) is 0. The fourth-order valence-corrected chi connectivity index (χ4v) is 10.8. The molecule has 1 heterocycles. The van der Waals surface area contributed by atoms with Gasteiger partial charge in [-0.1, -0.05) is 0 Å². The third kappa shape index (κ3) is 5.87. The Morgan fingerprint density at radius 2 is 1.54 bits per heavy atom. The summed E-state index contributed by atoms with van der Waals surface area (Å²) >= 11 is 2.83. The summed E-state index contributed by atoms with van der Waals surface area (Å²) in [6.45, 7) is 4.08. The summed E-state index contributed by atoms with van der Waals surface area (Å²) in [5.74, 6) is 0.404. The van der Waals surface area contributed by atoms with E-state index in [1.54, 1.807) is 0 Å². The van der Waals surface area contributed by atoms with E-state index in [9.17, 15) is 0 Å². The average Bonchev–Trinajstić information content (AvgIpc) is 2.97. The molecule has 2 aromatic carbocycles. The van der Waals surface area contributed by atoms with Gasteiger partial charge in [0.2, 0.25) is 0 Å². The van der Waals surface area contributed by atoms with Crippen molar-refractivity contribution in [3.8, 4) is 0 Å². The Morgan fingerprint density at radius 3 is 2.15 bits per heavy atom. The Hall–Kier alpha value is -0.265. The van der Waals surface area contributed by atoms with Gasteiger partial charge in [0.1, 0.15) is 0 Å². The summed E-state index contributed by atoms with van der Waals surface area (Å²) in [4.78, 5) is 0. The second kappa shape index (κ2) is 10.9. The molecular formula is C21H25BrHgO3. The molecule has 0 bridgehead atoms. The second-order valence-electron chi connectivity index (χ2n) is 6.81. The number of rotatable bonds is 9. The second-order valence-corrected chi connectivity index (χ2v) is 17.5. The third-order valence-electron chi connectivity index (χ3n) is 4.89. The minimum atomic E-state index is -0.924. The fourth-order valence-electron chi connectivity index (χ4n) is 3.44. The van der Waals surface area contributed by atoms with E-state index in [0.717, 1.165) is 0 Å². The van der Waals surface area contributed by atoms with Gasteiger partial charge in [-0.25, -0.2) is 0 Å². The van der Waals surface area contributed by atoms with Crippen LogP contribution in [0.2, 0.25) is 3.93 Å². The molecule has 1 aliphatic heterocycles. The molecule has 2 aromatic rings. The average molecular weight is 606 g/mol. The minimum absolute atomic E-state index is 0.00914. The van der Waals surface area contributed by atoms with Crippen molar-refractivity contribution in [2.24, 2.45) is 5.92 Å². The van der Waals surface area contributed by atoms with Crippen LogP contribution < -0.4 is 0 Å². The zero-order chi connectivity index (χ0) is 18.2. The Balaban J connectivity index is 1.56. The van der Waals surface area contributed by atoms with Gasteiger partial charge < -0.3 is 0 Å². The van der Waals surface area contributed by atoms with Crippen molar-refractivity contribution >= 4 is 11.9 Å². The monoisotopic (exact) mass is 606 g/mol. The maximum atomic E-state index is 6.33. The summed E-state index contributed by atoms with van der Waals surface area (Å²) in [6, 6.07) is 20.6. The van der Waals surface area contributed by atoms with Crippen LogP contribution >= 0.6 is 11.9 Å². The molecule has 0 amide bonds. The van der Waals surface area contributed by atoms with Crippen LogP contribution in [-0.2, 0) is 49.6 Å². The first-order valence-electron chi connectivity index (χ1n) is 9.26. The van der Waals surface area contributed by atoms with Crippen molar-refractivity contribution in [2.75, 3.05) is 6.61 Å². The van der Waals surface area contributed by atoms with E-state index in [-0.39, 0.29) is 12.2 Å². The van der Waals surface area contributed by atoms with E-state index in [0.29, 0.717) is 31.8 Å². The Kier molecular flexibility index (Phi) is 8.59. The van der Waals surface area contributed by atoms with E-state index in [1.165, 1.54) is 15.1 Å². The molecular weight excluding hydrogens is 581 g/mol. The van der Waals surface area contributed by atoms with E-state index in [4.69, 9.17) is 14.2 Å². The third-order valence-corrected chi connectivity index (χ3v) is 12.0. The molecule has 5 heteroatoms. The summed E-state index contributed by atoms with van der Waals surface area (Å²) < 4.78 is 19.8. The van der Waals surface area contributed by atoms with Gasteiger partial charge in [0, 0.05) is 0 Å². The fraction of sp³-hybridized carbons (Fsp3) is 0.429. The van der Waals surface area contributed by atoms with Gasteiger partial charge >= 0.3 is 175 Å². The summed E-state index contributed by atoms with van der Waals surface area (Å²) in [5, 5.41) is 0. The van der Waals surface area contributed by atoms with E-state index in [2.05, 4.69) is 55.2 Å². The zero-order valence-electron chi connectivity index (χ0n) is 15.2. The molecule has 0 unspecified atom stereocenters. The van der Waals surface area contributed by atoms with Gasteiger partial charge in [-0.15, -0.1) is 0 Å². The van der Waals surface area contributed by atoms with Crippen LogP contribution in [0.25, 0.3) is 0 Å². The number of benzene rings is 2. The molecule has 4 atom stereocenters. The van der Waals surface area contributed by atoms with Crippen molar-refractivity contribution in [3.05, 3.63) is 71.8 Å². The van der Waals surface area contributed by atoms with Gasteiger partial charge in [0.05, 0.1) is 0 Å². The Morgan fingerprint density at radius 1 is 0.923 bits per heavy atom. The molecule has 3 nitrogen and oxygen atoms in total. The quantitative estimate of drug-likeness (QED) is 0.377. The molecule has 1 fully saturated rings. The molecule has 136 valence electrons. The molecule has 1 aliphatic rings. The summed E-state index contributed by atoms with van der Waals surface area (Å²) in [5.41, 5.74) is 2.39. The standard InChI is InChI=1S/C21H25O3.BrH.Hg/c1-16-17(2)24-20(15-22-13-18-9-5-3-6-10-18)21(16)23-14-19-11-7-4-8-12-19;;/h3-12,16-17,20-21H,2,13-15H2,1H3;1H;/q;;+1/p-1/t16-,17+,20-,21+;;/m1../s1. The normalized spacial score (nSPS) is 25.2. The van der Waals surface area contributed by atoms with Crippen LogP contribution in [0, 0.1) is 5.92 Å². The predicted octanol–water partition coefficient (Wildman–Crippen LogP) is 5.00. The van der Waals surface area contributed by atoms with E-state index < -0.39 is 22.1 Å². The van der Waals surface area contributed by atoms with Gasteiger partial charge in [-0.3, -0.25) is 0 Å². The number of ether oxygens (including phenoxy) is 3. The SMILES string of the molecule is C[C@H]1[C@H](OCc2ccccc2)[C@@H](COCc2ccccc2)O[C@H]1[CH2][Hg][Br]. The van der Waals surface area contributed by atoms with Crippen LogP contribution in [0.15, 0.2) is 60.7 Å². The molecule has 3 rings (SSSR count). The molecule has 26 heavy (non-hydrogen) atoms. The van der Waals surface area contributed by atoms with Crippen LogP contribution in [-0.4, -0.2) is 24.9 Å². The first-order chi connectivity index (χ1) is 12.8. The van der Waals surface area contributed by atoms with Crippen LogP contribution in [0.3, 0.4) is 0 Å². The van der Waals surface area contributed by atoms with Gasteiger partial charge in [0.15, 0.2) is 0 Å². The maximum absolute atomic E-state index is 6.33. The molecule has 0 aliphatic carbocycles. The first-order valence-corrected chi connectivity index (χ1v) is 25.1. The van der Waals surface area contributed by atoms with Crippen LogP contribution in [0.5, 0.6) is 0 Å². The Bertz CT molecular complexity index is 640. The zero-order valence-corrected chi connectivity index (χ0v) is 22.3. The van der Waals surface area contributed by atoms with Crippen LogP contribution in [0.1, 0.15) is 18.1 Å². The van der Waals surface area contributed by atoms with Crippen molar-refractivity contribution in [2.45, 2.75) is 42.4 Å². The summed E-state index contributed by atoms with van der Waals surface area (Å²) in [7, 11) is 0. The van der Waals surface area contributed by atoms with Gasteiger partial charge in [-0.05, 0) is 0 Å². The molecule has 0 aromatic heterocycles. The molecule has 0 saturated carbocycles. The number of hydrogen-bond acceptors (Lipinski definition) is 3. The Labute approximate surface area is 174 Å². The van der Waals surface area contributed by atoms with Gasteiger partial charge in [0.25, 0.3) is 0 Å². The van der Waals surface area contributed by atoms with Crippen molar-refractivity contribution in [1.82, 2.24) is 0 Å². The number of halogens is 1. The first kappa shape index (κ1) is 20.5. The van der Waals surface area contributed by atoms with E-state index >= 15 is 0 Å². The molecule has 0 spiro atoms. The molecule has 0 radical (unpaired) electrons. The molecule has 1 saturated heterocycles. The van der Waals surface area contributed by atoms with Crippen molar-refractivity contribution in [3.63, 3.8) is 0 Å². The summed E-state index contributed by atoms with van der Waals surface area (Å²) in [6.07, 6.45) is 0.403. The predicted molar refractivity (Wildman–Crippen MR) is 103 cm³/mol. The van der Waals surface area contributed by atoms with E-state index in [1.807, 2.05) is 24.3 Å². The topological polar surface area (TPSA) is 27.7 Å². The van der Waals surface area contributed by atoms with Crippen LogP contribution in [0.4, 0.5) is 0 Å².